The topological polar surface area (TPSA) is 155 Å². The van der Waals surface area contributed by atoms with Crippen molar-refractivity contribution < 1.29 is 42.3 Å². The smallest absolute Gasteiger partial charge is 0.464 e. The van der Waals surface area contributed by atoms with E-state index in [0.29, 0.717) is 45.4 Å². The third-order valence-corrected chi connectivity index (χ3v) is 21.8. The number of amides is 2. The average Bonchev–Trinajstić information content (AvgIpc) is 2.93. The third kappa shape index (κ3) is 13.8. The number of aromatic nitrogens is 2. The molecule has 0 bridgehead atoms. The van der Waals surface area contributed by atoms with Gasteiger partial charge in [0, 0.05) is 72.4 Å². The van der Waals surface area contributed by atoms with Gasteiger partial charge in [0.2, 0.25) is 0 Å². The molecule has 5 aromatic rings. The molecule has 2 fully saturated rings. The lowest BCUT2D eigenvalue weighted by atomic mass is 9.77. The van der Waals surface area contributed by atoms with Crippen LogP contribution in [0.3, 0.4) is 0 Å². The van der Waals surface area contributed by atoms with Gasteiger partial charge in [-0.3, -0.25) is 24.5 Å². The Morgan fingerprint density at radius 3 is 2.15 bits per heavy atom. The zero-order chi connectivity index (χ0) is 58.9. The van der Waals surface area contributed by atoms with E-state index in [2.05, 4.69) is 184 Å². The van der Waals surface area contributed by atoms with Gasteiger partial charge in [0.15, 0.2) is 0 Å². The number of carbonyl (C=O) groups excluding carboxylic acids is 3. The van der Waals surface area contributed by atoms with Gasteiger partial charge >= 0.3 is 19.2 Å². The van der Waals surface area contributed by atoms with Gasteiger partial charge in [0.25, 0.3) is 14.2 Å². The summed E-state index contributed by atoms with van der Waals surface area (Å²) in [5.74, 6) is -0.862. The van der Waals surface area contributed by atoms with Crippen molar-refractivity contribution in [1.82, 2.24) is 30.2 Å². The molecule has 4 atom stereocenters. The van der Waals surface area contributed by atoms with Crippen molar-refractivity contribution in [3.63, 3.8) is 0 Å². The fourth-order valence-corrected chi connectivity index (χ4v) is 16.8. The Kier molecular flexibility index (Phi) is 18.8. The molecule has 18 heteroatoms. The van der Waals surface area contributed by atoms with Crippen molar-refractivity contribution in [2.45, 2.75) is 169 Å². The minimum Gasteiger partial charge on any atom is -0.464 e. The molecule has 3 aliphatic heterocycles. The second-order valence-corrected chi connectivity index (χ2v) is 31.1. The second-order valence-electron chi connectivity index (χ2n) is 25.8. The number of benzene rings is 3. The van der Waals surface area contributed by atoms with E-state index in [4.69, 9.17) is 32.9 Å². The predicted molar refractivity (Wildman–Crippen MR) is 327 cm³/mol. The number of rotatable bonds is 18. The first-order valence-corrected chi connectivity index (χ1v) is 31.4. The number of carbonyl (C=O) groups is 3. The van der Waals surface area contributed by atoms with E-state index in [1.807, 2.05) is 25.1 Å². The molecular weight excluding hydrogens is 1100 g/mol. The Labute approximate surface area is 490 Å². The maximum atomic E-state index is 14.9. The number of hydrogen-bond donors (Lipinski definition) is 2. The molecule has 2 saturated heterocycles. The Hall–Kier alpha value is -5.18. The largest absolute Gasteiger partial charge is 0.494 e. The molecular formula is C63H86BBrN6O9Si. The molecule has 0 spiro atoms. The van der Waals surface area contributed by atoms with Crippen LogP contribution in [0.15, 0.2) is 108 Å². The van der Waals surface area contributed by atoms with Gasteiger partial charge in [0.05, 0.1) is 41.4 Å². The number of nitrogens with one attached hydrogen (secondary N) is 2. The van der Waals surface area contributed by atoms with Crippen LogP contribution in [0, 0.1) is 5.41 Å². The number of hydrogen-bond acceptors (Lipinski definition) is 12. The SMILES string of the molecule is CCn1c(-c2cccnc2[C@H](C)OC)c(CC(C)(C)COC(=O)[C@@H]2CCCN(C(=O)[C@H](CN3CC(Br)=CC(O[Si](c4ccccc4)(c4ccccc4)C(C)(C)C)C3)NC(=O)OC(C)(C)C)N2)c2cc(B3OC(C)(C)C(C)(C)O3)ccc21. The Morgan fingerprint density at radius 2 is 1.56 bits per heavy atom. The van der Waals surface area contributed by atoms with Gasteiger partial charge in [-0.05, 0) is 132 Å². The monoisotopic (exact) mass is 1190 g/mol. The molecule has 8 rings (SSSR count). The van der Waals surface area contributed by atoms with E-state index in [1.165, 1.54) is 5.01 Å². The number of pyridine rings is 1. The van der Waals surface area contributed by atoms with Gasteiger partial charge in [-0.25, -0.2) is 10.2 Å². The summed E-state index contributed by atoms with van der Waals surface area (Å²) in [5.41, 5.74) is 6.67. The summed E-state index contributed by atoms with van der Waals surface area (Å²) in [6.45, 7) is 30.9. The van der Waals surface area contributed by atoms with E-state index in [0.717, 1.165) is 53.7 Å². The van der Waals surface area contributed by atoms with Crippen LogP contribution < -0.4 is 26.6 Å². The fraction of sp³-hybridized carbons (Fsp3) is 0.524. The maximum Gasteiger partial charge on any atom is 0.494 e. The highest BCUT2D eigenvalue weighted by Gasteiger charge is 2.53. The van der Waals surface area contributed by atoms with Crippen LogP contribution in [0.5, 0.6) is 0 Å². The second kappa shape index (κ2) is 24.6. The van der Waals surface area contributed by atoms with Crippen LogP contribution in [0.25, 0.3) is 22.2 Å². The Balaban J connectivity index is 1.02. The quantitative estimate of drug-likeness (QED) is 0.0634. The van der Waals surface area contributed by atoms with Crippen LogP contribution in [-0.2, 0) is 50.5 Å². The molecule has 5 heterocycles. The fourth-order valence-electron chi connectivity index (χ4n) is 11.5. The highest BCUT2D eigenvalue weighted by Crippen LogP contribution is 2.43. The van der Waals surface area contributed by atoms with Crippen molar-refractivity contribution in [1.29, 1.82) is 0 Å². The summed E-state index contributed by atoms with van der Waals surface area (Å²) in [5, 5.41) is 7.48. The number of hydrazine groups is 1. The summed E-state index contributed by atoms with van der Waals surface area (Å²) >= 11 is 3.83. The van der Waals surface area contributed by atoms with Gasteiger partial charge in [-0.2, -0.15) is 0 Å². The van der Waals surface area contributed by atoms with E-state index >= 15 is 0 Å². The number of ether oxygens (including phenoxy) is 3. The van der Waals surface area contributed by atoms with Crippen molar-refractivity contribution in [2.24, 2.45) is 5.41 Å². The number of methoxy groups -OCH3 is 1. The van der Waals surface area contributed by atoms with Crippen LogP contribution >= 0.6 is 15.9 Å². The predicted octanol–water partition coefficient (Wildman–Crippen LogP) is 9.77. The molecule has 0 saturated carbocycles. The molecule has 2 amide bonds. The highest BCUT2D eigenvalue weighted by molar-refractivity contribution is 9.11. The molecule has 1 unspecified atom stereocenters. The summed E-state index contributed by atoms with van der Waals surface area (Å²) in [7, 11) is -1.84. The first kappa shape index (κ1) is 61.9. The number of fused-ring (bicyclic) bond motifs is 1. The van der Waals surface area contributed by atoms with E-state index in [1.54, 1.807) is 34.1 Å². The lowest BCUT2D eigenvalue weighted by Crippen LogP contribution is -2.68. The molecule has 2 N–H and O–H groups in total. The maximum absolute atomic E-state index is 14.9. The van der Waals surface area contributed by atoms with Crippen molar-refractivity contribution in [2.75, 3.05) is 39.9 Å². The number of esters is 1. The molecule has 15 nitrogen and oxygen atoms in total. The summed E-state index contributed by atoms with van der Waals surface area (Å²) in [4.78, 5) is 49.9. The molecule has 3 aromatic carbocycles. The highest BCUT2D eigenvalue weighted by atomic mass is 79.9. The minimum absolute atomic E-state index is 0.0960. The number of halogens is 1. The first-order chi connectivity index (χ1) is 38.1. The molecule has 0 aliphatic carbocycles. The Bertz CT molecular complexity index is 3010. The summed E-state index contributed by atoms with van der Waals surface area (Å²) in [6, 6.07) is 29.6. The third-order valence-electron chi connectivity index (χ3n) is 16.2. The molecule has 0 radical (unpaired) electrons. The van der Waals surface area contributed by atoms with Crippen LogP contribution in [0.1, 0.15) is 127 Å². The normalized spacial score (nSPS) is 19.7. The van der Waals surface area contributed by atoms with Crippen LogP contribution in [0.4, 0.5) is 4.79 Å². The van der Waals surface area contributed by atoms with Crippen molar-refractivity contribution >= 4 is 76.1 Å². The molecule has 2 aromatic heterocycles. The van der Waals surface area contributed by atoms with Gasteiger partial charge in [-0.1, -0.05) is 123 Å². The standard InChI is InChI=1S/C63H86BBrN6O9Si/c1-16-70-53-32-31-43(64-79-62(11,12)63(13,14)80-64)35-49(53)50(55(70)48-29-23-33-66-54(48)42(2)75-15)37-61(9,10)41-76-57(73)51-30-24-34-71(68-51)56(72)52(67-58(74)77-59(3,4)5)40-69-38-44(65)36-45(39-69)78-81(60(6,7)8,46-25-19-17-20-26-46)47-27-21-18-22-28-47/h17-23,25-29,31-33,35-36,42,45,51-52,68H,16,24,30,34,37-41H2,1-15H3,(H,67,74)/t42-,45?,51-,52-/m0/s1. The summed E-state index contributed by atoms with van der Waals surface area (Å²) < 4.78 is 41.8. The van der Waals surface area contributed by atoms with Crippen molar-refractivity contribution in [3.8, 4) is 11.3 Å². The zero-order valence-corrected chi connectivity index (χ0v) is 53.0. The van der Waals surface area contributed by atoms with Gasteiger partial charge in [0.1, 0.15) is 17.7 Å². The van der Waals surface area contributed by atoms with Gasteiger partial charge in [-0.15, -0.1) is 0 Å². The van der Waals surface area contributed by atoms with E-state index in [-0.39, 0.29) is 30.4 Å². The lowest BCUT2D eigenvalue weighted by Gasteiger charge is -2.46. The first-order valence-electron chi connectivity index (χ1n) is 28.7. The van der Waals surface area contributed by atoms with Gasteiger partial charge < -0.3 is 37.8 Å². The molecule has 81 heavy (non-hydrogen) atoms. The minimum atomic E-state index is -2.97. The van der Waals surface area contributed by atoms with E-state index in [9.17, 15) is 14.4 Å². The number of nitrogens with zero attached hydrogens (tertiary/aromatic N) is 4. The average molecular weight is 1190 g/mol. The summed E-state index contributed by atoms with van der Waals surface area (Å²) in [6.07, 6.45) is 4.09. The number of aryl methyl sites for hydroxylation is 1. The number of alkyl carbamates (subject to hydrolysis) is 1. The zero-order valence-electron chi connectivity index (χ0n) is 50.4. The molecule has 3 aliphatic rings. The van der Waals surface area contributed by atoms with Crippen molar-refractivity contribution in [3.05, 3.63) is 119 Å². The lowest BCUT2D eigenvalue weighted by molar-refractivity contribution is -0.155. The van der Waals surface area contributed by atoms with E-state index < -0.39 is 67.7 Å². The van der Waals surface area contributed by atoms with Crippen LogP contribution in [0.2, 0.25) is 5.04 Å². The molecule has 436 valence electrons. The van der Waals surface area contributed by atoms with Crippen LogP contribution in [-0.4, -0.2) is 128 Å². The Morgan fingerprint density at radius 1 is 0.914 bits per heavy atom.